The average molecular weight is 446 g/mol. The molecule has 34 heavy (non-hydrogen) atoms. The standard InChI is InChI=1S/C29H23N3O2/c1-34-28-17-22(20-33)26(18-30-28)27-19-32(21-31-27)29(23-11-5-2-6-12-23,24-13-7-3-8-14-24)25-15-9-4-10-16-25/h2-21H,1H3. The van der Waals surface area contributed by atoms with Crippen molar-refractivity contribution >= 4 is 6.29 Å². The molecule has 2 heterocycles. The second kappa shape index (κ2) is 9.16. The first-order valence-electron chi connectivity index (χ1n) is 11.0. The molecule has 5 nitrogen and oxygen atoms in total. The maximum absolute atomic E-state index is 11.8. The first-order valence-corrected chi connectivity index (χ1v) is 11.0. The van der Waals surface area contributed by atoms with E-state index in [-0.39, 0.29) is 0 Å². The zero-order valence-electron chi connectivity index (χ0n) is 18.7. The van der Waals surface area contributed by atoms with Crippen molar-refractivity contribution in [1.29, 1.82) is 0 Å². The van der Waals surface area contributed by atoms with Crippen LogP contribution in [-0.4, -0.2) is 27.9 Å². The molecule has 0 amide bonds. The monoisotopic (exact) mass is 445 g/mol. The van der Waals surface area contributed by atoms with E-state index in [0.717, 1.165) is 23.0 Å². The highest BCUT2D eigenvalue weighted by Gasteiger charge is 2.38. The van der Waals surface area contributed by atoms with Crippen LogP contribution in [0.4, 0.5) is 0 Å². The van der Waals surface area contributed by atoms with E-state index in [0.29, 0.717) is 22.7 Å². The molecule has 0 unspecified atom stereocenters. The number of imidazole rings is 1. The van der Waals surface area contributed by atoms with E-state index >= 15 is 0 Å². The summed E-state index contributed by atoms with van der Waals surface area (Å²) in [6.07, 6.45) is 6.23. The van der Waals surface area contributed by atoms with Gasteiger partial charge in [-0.1, -0.05) is 91.0 Å². The van der Waals surface area contributed by atoms with Gasteiger partial charge in [0.25, 0.3) is 0 Å². The van der Waals surface area contributed by atoms with Gasteiger partial charge in [0.05, 0.1) is 19.1 Å². The van der Waals surface area contributed by atoms with Gasteiger partial charge in [-0.2, -0.15) is 0 Å². The van der Waals surface area contributed by atoms with Crippen molar-refractivity contribution < 1.29 is 9.53 Å². The highest BCUT2D eigenvalue weighted by Crippen LogP contribution is 2.41. The third kappa shape index (κ3) is 3.57. The molecule has 0 aliphatic carbocycles. The third-order valence-corrected chi connectivity index (χ3v) is 6.07. The molecule has 0 radical (unpaired) electrons. The van der Waals surface area contributed by atoms with Crippen LogP contribution in [0.3, 0.4) is 0 Å². The SMILES string of the molecule is COc1cc(C=O)c(-c2cn(C(c3ccccc3)(c3ccccc3)c3ccccc3)cn2)cn1. The lowest BCUT2D eigenvalue weighted by Gasteiger charge is -2.37. The Bertz CT molecular complexity index is 1300. The summed E-state index contributed by atoms with van der Waals surface area (Å²) >= 11 is 0. The molecule has 2 aromatic heterocycles. The highest BCUT2D eigenvalue weighted by molar-refractivity contribution is 5.86. The van der Waals surface area contributed by atoms with Crippen LogP contribution in [0.2, 0.25) is 0 Å². The zero-order valence-corrected chi connectivity index (χ0v) is 18.7. The van der Waals surface area contributed by atoms with Crippen molar-refractivity contribution in [3.8, 4) is 17.1 Å². The lowest BCUT2D eigenvalue weighted by Crippen LogP contribution is -2.36. The summed E-state index contributed by atoms with van der Waals surface area (Å²) in [7, 11) is 1.53. The summed E-state index contributed by atoms with van der Waals surface area (Å²) in [4.78, 5) is 20.8. The van der Waals surface area contributed by atoms with Crippen molar-refractivity contribution in [3.63, 3.8) is 0 Å². The van der Waals surface area contributed by atoms with Gasteiger partial charge in [0.2, 0.25) is 5.88 Å². The first kappa shape index (κ1) is 21.3. The number of nitrogens with zero attached hydrogens (tertiary/aromatic N) is 3. The van der Waals surface area contributed by atoms with Gasteiger partial charge in [0.1, 0.15) is 5.54 Å². The Morgan fingerprint density at radius 2 is 1.32 bits per heavy atom. The molecule has 5 rings (SSSR count). The van der Waals surface area contributed by atoms with E-state index in [1.165, 1.54) is 7.11 Å². The molecular formula is C29H23N3O2. The maximum atomic E-state index is 11.8. The molecule has 0 N–H and O–H groups in total. The maximum Gasteiger partial charge on any atom is 0.213 e. The van der Waals surface area contributed by atoms with Crippen LogP contribution in [0.1, 0.15) is 27.0 Å². The molecular weight excluding hydrogens is 422 g/mol. The molecule has 5 heteroatoms. The predicted octanol–water partition coefficient (Wildman–Crippen LogP) is 5.61. The molecule has 0 spiro atoms. The number of aldehydes is 1. The number of carbonyl (C=O) groups is 1. The fourth-order valence-electron chi connectivity index (χ4n) is 4.50. The van der Waals surface area contributed by atoms with E-state index < -0.39 is 5.54 Å². The Hall–Kier alpha value is -4.51. The average Bonchev–Trinajstić information content (AvgIpc) is 3.41. The Kier molecular flexibility index (Phi) is 5.75. The normalized spacial score (nSPS) is 11.2. The van der Waals surface area contributed by atoms with Crippen LogP contribution in [0.5, 0.6) is 5.88 Å². The number of pyridine rings is 1. The molecule has 0 saturated heterocycles. The molecule has 0 aliphatic rings. The minimum absolute atomic E-state index is 0.387. The van der Waals surface area contributed by atoms with Gasteiger partial charge in [-0.25, -0.2) is 9.97 Å². The molecule has 0 bridgehead atoms. The Morgan fingerprint density at radius 3 is 1.79 bits per heavy atom. The lowest BCUT2D eigenvalue weighted by atomic mass is 9.77. The van der Waals surface area contributed by atoms with Crippen molar-refractivity contribution in [1.82, 2.24) is 14.5 Å². The van der Waals surface area contributed by atoms with E-state index in [4.69, 9.17) is 9.72 Å². The summed E-state index contributed by atoms with van der Waals surface area (Å²) in [5.41, 5.74) is 4.40. The largest absolute Gasteiger partial charge is 0.481 e. The second-order valence-corrected chi connectivity index (χ2v) is 7.91. The minimum atomic E-state index is -0.670. The van der Waals surface area contributed by atoms with Crippen LogP contribution in [0.15, 0.2) is 116 Å². The van der Waals surface area contributed by atoms with Gasteiger partial charge in [-0.15, -0.1) is 0 Å². The Labute approximate surface area is 198 Å². The summed E-state index contributed by atoms with van der Waals surface area (Å²) in [5.74, 6) is 0.387. The van der Waals surface area contributed by atoms with Gasteiger partial charge in [0.15, 0.2) is 6.29 Å². The number of carbonyl (C=O) groups excluding carboxylic acids is 1. The number of benzene rings is 3. The first-order chi connectivity index (χ1) is 16.8. The van der Waals surface area contributed by atoms with Crippen molar-refractivity contribution in [2.75, 3.05) is 7.11 Å². The Morgan fingerprint density at radius 1 is 0.794 bits per heavy atom. The molecule has 0 saturated carbocycles. The number of rotatable bonds is 7. The summed E-state index contributed by atoms with van der Waals surface area (Å²) < 4.78 is 7.30. The molecule has 166 valence electrons. The van der Waals surface area contributed by atoms with E-state index in [1.807, 2.05) is 67.1 Å². The second-order valence-electron chi connectivity index (χ2n) is 7.91. The summed E-state index contributed by atoms with van der Waals surface area (Å²) in [6, 6.07) is 32.7. The van der Waals surface area contributed by atoms with E-state index in [1.54, 1.807) is 12.3 Å². The van der Waals surface area contributed by atoms with Gasteiger partial charge < -0.3 is 9.30 Å². The minimum Gasteiger partial charge on any atom is -0.481 e. The van der Waals surface area contributed by atoms with Crippen molar-refractivity contribution in [3.05, 3.63) is 138 Å². The van der Waals surface area contributed by atoms with Crippen LogP contribution in [0, 0.1) is 0 Å². The number of methoxy groups -OCH3 is 1. The number of ether oxygens (including phenoxy) is 1. The molecule has 3 aromatic carbocycles. The van der Waals surface area contributed by atoms with Crippen LogP contribution in [0.25, 0.3) is 11.3 Å². The quantitative estimate of drug-likeness (QED) is 0.241. The zero-order chi connectivity index (χ0) is 23.4. The number of hydrogen-bond acceptors (Lipinski definition) is 4. The van der Waals surface area contributed by atoms with Gasteiger partial charge in [0, 0.05) is 29.6 Å². The molecule has 0 fully saturated rings. The van der Waals surface area contributed by atoms with Crippen molar-refractivity contribution in [2.24, 2.45) is 0 Å². The molecule has 0 atom stereocenters. The Balaban J connectivity index is 1.79. The fraction of sp³-hybridized carbons (Fsp3) is 0.0690. The van der Waals surface area contributed by atoms with Gasteiger partial charge in [-0.3, -0.25) is 4.79 Å². The molecule has 0 aliphatic heterocycles. The van der Waals surface area contributed by atoms with E-state index in [2.05, 4.69) is 45.9 Å². The number of hydrogen-bond donors (Lipinski definition) is 0. The topological polar surface area (TPSA) is 57.0 Å². The lowest BCUT2D eigenvalue weighted by molar-refractivity contribution is 0.112. The van der Waals surface area contributed by atoms with Crippen LogP contribution >= 0.6 is 0 Å². The summed E-state index contributed by atoms with van der Waals surface area (Å²) in [6.45, 7) is 0. The van der Waals surface area contributed by atoms with Gasteiger partial charge in [-0.05, 0) is 16.7 Å². The van der Waals surface area contributed by atoms with Crippen LogP contribution in [-0.2, 0) is 5.54 Å². The highest BCUT2D eigenvalue weighted by atomic mass is 16.5. The van der Waals surface area contributed by atoms with E-state index in [9.17, 15) is 4.79 Å². The predicted molar refractivity (Wildman–Crippen MR) is 132 cm³/mol. The fourth-order valence-corrected chi connectivity index (χ4v) is 4.50. The number of aromatic nitrogens is 3. The smallest absolute Gasteiger partial charge is 0.213 e. The van der Waals surface area contributed by atoms with Gasteiger partial charge >= 0.3 is 0 Å². The molecule has 5 aromatic rings. The van der Waals surface area contributed by atoms with Crippen molar-refractivity contribution in [2.45, 2.75) is 5.54 Å². The van der Waals surface area contributed by atoms with Crippen LogP contribution < -0.4 is 4.74 Å². The summed E-state index contributed by atoms with van der Waals surface area (Å²) in [5, 5.41) is 0. The third-order valence-electron chi connectivity index (χ3n) is 6.07.